The number of nitrogens with zero attached hydrogens (tertiary/aromatic N) is 1. The summed E-state index contributed by atoms with van der Waals surface area (Å²) in [5, 5.41) is 0. The van der Waals surface area contributed by atoms with Crippen molar-refractivity contribution in [1.29, 1.82) is 0 Å². The fourth-order valence-electron chi connectivity index (χ4n) is 3.50. The molecule has 1 saturated heterocycles. The predicted octanol–water partition coefficient (Wildman–Crippen LogP) is 4.70. The Morgan fingerprint density at radius 2 is 1.61 bits per heavy atom. The third-order valence-corrected chi connectivity index (χ3v) is 4.78. The van der Waals surface area contributed by atoms with E-state index in [0.717, 1.165) is 0 Å². The second kappa shape index (κ2) is 6.41. The summed E-state index contributed by atoms with van der Waals surface area (Å²) < 4.78 is 0. The van der Waals surface area contributed by atoms with Crippen molar-refractivity contribution in [2.24, 2.45) is 5.92 Å². The summed E-state index contributed by atoms with van der Waals surface area (Å²) >= 11 is 0. The Kier molecular flexibility index (Phi) is 4.33. The van der Waals surface area contributed by atoms with Gasteiger partial charge in [-0.2, -0.15) is 0 Å². The van der Waals surface area contributed by atoms with E-state index in [9.17, 15) is 4.79 Å². The van der Waals surface area contributed by atoms with Gasteiger partial charge in [-0.3, -0.25) is 4.79 Å². The molecule has 3 rings (SSSR count). The lowest BCUT2D eigenvalue weighted by Gasteiger charge is -2.50. The van der Waals surface area contributed by atoms with Crippen molar-refractivity contribution >= 4 is 12.0 Å². The molecule has 0 N–H and O–H groups in total. The van der Waals surface area contributed by atoms with Crippen molar-refractivity contribution in [3.8, 4) is 0 Å². The van der Waals surface area contributed by atoms with Gasteiger partial charge in [-0.05, 0) is 30.5 Å². The maximum atomic E-state index is 12.4. The predicted molar refractivity (Wildman–Crippen MR) is 94.7 cm³/mol. The standard InChI is InChI=1S/C21H23NO/c1-15(14-18-10-6-4-7-11-18)20-16(2)21(23)22(20)17(3)19-12-8-5-9-13-19/h4-14,16-17,20H,1-3H3/b15-14+/t16-,17+,20+/m1/s1. The Morgan fingerprint density at radius 1 is 1.04 bits per heavy atom. The highest BCUT2D eigenvalue weighted by molar-refractivity contribution is 5.88. The van der Waals surface area contributed by atoms with Crippen molar-refractivity contribution in [2.45, 2.75) is 32.9 Å². The van der Waals surface area contributed by atoms with Gasteiger partial charge in [0.1, 0.15) is 0 Å². The van der Waals surface area contributed by atoms with Crippen LogP contribution in [0.25, 0.3) is 6.08 Å². The second-order valence-corrected chi connectivity index (χ2v) is 6.36. The van der Waals surface area contributed by atoms with Gasteiger partial charge in [-0.25, -0.2) is 0 Å². The molecule has 2 nitrogen and oxygen atoms in total. The smallest absolute Gasteiger partial charge is 0.228 e. The van der Waals surface area contributed by atoms with Crippen LogP contribution in [0, 0.1) is 5.92 Å². The molecular formula is C21H23NO. The number of rotatable bonds is 4. The highest BCUT2D eigenvalue weighted by Gasteiger charge is 2.47. The molecule has 0 aromatic heterocycles. The second-order valence-electron chi connectivity index (χ2n) is 6.36. The first-order chi connectivity index (χ1) is 11.1. The molecule has 1 amide bonds. The first-order valence-corrected chi connectivity index (χ1v) is 8.20. The van der Waals surface area contributed by atoms with Crippen molar-refractivity contribution in [3.63, 3.8) is 0 Å². The largest absolute Gasteiger partial charge is 0.328 e. The molecule has 1 heterocycles. The minimum absolute atomic E-state index is 0.0566. The van der Waals surface area contributed by atoms with Gasteiger partial charge in [-0.1, -0.05) is 73.7 Å². The average Bonchev–Trinajstić information content (AvgIpc) is 2.59. The molecule has 23 heavy (non-hydrogen) atoms. The number of hydrogen-bond donors (Lipinski definition) is 0. The monoisotopic (exact) mass is 305 g/mol. The first-order valence-electron chi connectivity index (χ1n) is 8.20. The molecule has 2 heteroatoms. The minimum Gasteiger partial charge on any atom is -0.328 e. The summed E-state index contributed by atoms with van der Waals surface area (Å²) in [6, 6.07) is 20.8. The number of carbonyl (C=O) groups excluding carboxylic acids is 1. The maximum absolute atomic E-state index is 12.4. The Morgan fingerprint density at radius 3 is 2.22 bits per heavy atom. The molecule has 0 saturated carbocycles. The van der Waals surface area contributed by atoms with E-state index in [4.69, 9.17) is 0 Å². The minimum atomic E-state index is 0.0566. The molecule has 118 valence electrons. The molecule has 0 aliphatic carbocycles. The van der Waals surface area contributed by atoms with E-state index >= 15 is 0 Å². The number of hydrogen-bond acceptors (Lipinski definition) is 1. The van der Waals surface area contributed by atoms with Crippen molar-refractivity contribution in [2.75, 3.05) is 0 Å². The summed E-state index contributed by atoms with van der Waals surface area (Å²) in [7, 11) is 0. The SMILES string of the molecule is C/C(=C\c1ccccc1)[C@H]1[C@@H](C)C(=O)N1[C@@H](C)c1ccccc1. The normalized spacial score (nSPS) is 22.7. The molecule has 1 aliphatic rings. The van der Waals surface area contributed by atoms with Crippen LogP contribution in [-0.4, -0.2) is 16.8 Å². The molecule has 1 fully saturated rings. The van der Waals surface area contributed by atoms with Crippen LogP contribution in [0.5, 0.6) is 0 Å². The highest BCUT2D eigenvalue weighted by Crippen LogP contribution is 2.39. The molecule has 0 spiro atoms. The number of benzene rings is 2. The maximum Gasteiger partial charge on any atom is 0.228 e. The number of amides is 1. The summed E-state index contributed by atoms with van der Waals surface area (Å²) in [6.07, 6.45) is 2.19. The Hall–Kier alpha value is -2.35. The number of likely N-dealkylation sites (tertiary alicyclic amines) is 1. The van der Waals surface area contributed by atoms with Gasteiger partial charge in [-0.15, -0.1) is 0 Å². The van der Waals surface area contributed by atoms with Crippen LogP contribution in [0.15, 0.2) is 66.2 Å². The molecular weight excluding hydrogens is 282 g/mol. The van der Waals surface area contributed by atoms with Crippen molar-refractivity contribution < 1.29 is 4.79 Å². The van der Waals surface area contributed by atoms with Gasteiger partial charge < -0.3 is 4.90 Å². The summed E-state index contributed by atoms with van der Waals surface area (Å²) in [5.41, 5.74) is 3.61. The Bertz CT molecular complexity index is 705. The summed E-state index contributed by atoms with van der Waals surface area (Å²) in [6.45, 7) is 6.27. The molecule has 0 radical (unpaired) electrons. The average molecular weight is 305 g/mol. The molecule has 0 unspecified atom stereocenters. The van der Waals surface area contributed by atoms with E-state index in [1.54, 1.807) is 0 Å². The lowest BCUT2D eigenvalue weighted by molar-refractivity contribution is -0.156. The van der Waals surface area contributed by atoms with Crippen LogP contribution in [0.1, 0.15) is 37.9 Å². The van der Waals surface area contributed by atoms with Crippen LogP contribution < -0.4 is 0 Å². The van der Waals surface area contributed by atoms with Crippen LogP contribution >= 0.6 is 0 Å². The fourth-order valence-corrected chi connectivity index (χ4v) is 3.50. The molecule has 0 bridgehead atoms. The van der Waals surface area contributed by atoms with Gasteiger partial charge in [0, 0.05) is 0 Å². The lowest BCUT2D eigenvalue weighted by atomic mass is 9.81. The molecule has 3 atom stereocenters. The van der Waals surface area contributed by atoms with Crippen molar-refractivity contribution in [1.82, 2.24) is 4.90 Å². The lowest BCUT2D eigenvalue weighted by Crippen LogP contribution is -2.60. The zero-order valence-electron chi connectivity index (χ0n) is 13.9. The van der Waals surface area contributed by atoms with Gasteiger partial charge in [0.15, 0.2) is 0 Å². The zero-order chi connectivity index (χ0) is 16.4. The van der Waals surface area contributed by atoms with Gasteiger partial charge in [0.05, 0.1) is 18.0 Å². The van der Waals surface area contributed by atoms with Crippen LogP contribution in [-0.2, 0) is 4.79 Å². The third kappa shape index (κ3) is 2.94. The van der Waals surface area contributed by atoms with E-state index in [2.05, 4.69) is 44.2 Å². The molecule has 1 aliphatic heterocycles. The van der Waals surface area contributed by atoms with Crippen molar-refractivity contribution in [3.05, 3.63) is 77.4 Å². The zero-order valence-corrected chi connectivity index (χ0v) is 13.9. The first kappa shape index (κ1) is 15.5. The quantitative estimate of drug-likeness (QED) is 0.750. The summed E-state index contributed by atoms with van der Waals surface area (Å²) in [5.74, 6) is 0.299. The van der Waals surface area contributed by atoms with Gasteiger partial charge >= 0.3 is 0 Å². The topological polar surface area (TPSA) is 20.3 Å². The van der Waals surface area contributed by atoms with E-state index < -0.39 is 0 Å². The highest BCUT2D eigenvalue weighted by atomic mass is 16.2. The molecule has 2 aromatic carbocycles. The van der Waals surface area contributed by atoms with E-state index in [0.29, 0.717) is 0 Å². The van der Waals surface area contributed by atoms with E-state index in [-0.39, 0.29) is 23.9 Å². The Labute approximate surface area is 138 Å². The van der Waals surface area contributed by atoms with Gasteiger partial charge in [0.2, 0.25) is 5.91 Å². The van der Waals surface area contributed by atoms with E-state index in [1.807, 2.05) is 48.2 Å². The molecule has 2 aromatic rings. The van der Waals surface area contributed by atoms with Crippen LogP contribution in [0.4, 0.5) is 0 Å². The summed E-state index contributed by atoms with van der Waals surface area (Å²) in [4.78, 5) is 14.5. The number of β-lactam (4-membered cyclic amide) rings is 1. The Balaban J connectivity index is 1.86. The fraction of sp³-hybridized carbons (Fsp3) is 0.286. The third-order valence-electron chi connectivity index (χ3n) is 4.78. The van der Waals surface area contributed by atoms with E-state index in [1.165, 1.54) is 16.7 Å². The van der Waals surface area contributed by atoms with Crippen LogP contribution in [0.3, 0.4) is 0 Å². The van der Waals surface area contributed by atoms with Gasteiger partial charge in [0.25, 0.3) is 0 Å². The van der Waals surface area contributed by atoms with Crippen LogP contribution in [0.2, 0.25) is 0 Å². The number of carbonyl (C=O) groups is 1.